The summed E-state index contributed by atoms with van der Waals surface area (Å²) < 4.78 is 0. The zero-order chi connectivity index (χ0) is 14.8. The number of hydrogen-bond donors (Lipinski definition) is 0. The van der Waals surface area contributed by atoms with Gasteiger partial charge in [-0.15, -0.1) is 0 Å². The number of aryl methyl sites for hydroxylation is 1. The smallest absolute Gasteiger partial charge is 0.255 e. The van der Waals surface area contributed by atoms with Gasteiger partial charge in [-0.3, -0.25) is 9.78 Å². The Kier molecular flexibility index (Phi) is 3.74. The van der Waals surface area contributed by atoms with E-state index in [0.29, 0.717) is 5.56 Å². The fraction of sp³-hybridized carbons (Fsp3) is 0.333. The molecule has 0 N–H and O–H groups in total. The number of carbonyl (C=O) groups is 1. The van der Waals surface area contributed by atoms with Crippen molar-refractivity contribution < 1.29 is 4.79 Å². The van der Waals surface area contributed by atoms with Gasteiger partial charge in [0.2, 0.25) is 0 Å². The molecule has 1 aliphatic rings. The summed E-state index contributed by atoms with van der Waals surface area (Å²) in [6.07, 6.45) is 3.93. The zero-order valence-electron chi connectivity index (χ0n) is 12.6. The maximum atomic E-state index is 12.3. The first kappa shape index (κ1) is 13.8. The second kappa shape index (κ2) is 5.68. The molecule has 2 aromatic rings. The number of amides is 1. The number of nitrogens with zero attached hydrogens (tertiary/aromatic N) is 2. The number of likely N-dealkylation sites (tertiary alicyclic amines) is 1. The molecule has 1 aromatic carbocycles. The lowest BCUT2D eigenvalue weighted by molar-refractivity contribution is 0.0792. The molecule has 0 atom stereocenters. The number of pyridine rings is 1. The number of aromatic nitrogens is 1. The highest BCUT2D eigenvalue weighted by molar-refractivity contribution is 5.94. The van der Waals surface area contributed by atoms with E-state index in [0.717, 1.165) is 37.2 Å². The predicted molar refractivity (Wildman–Crippen MR) is 84.3 cm³/mol. The fourth-order valence-electron chi connectivity index (χ4n) is 2.81. The van der Waals surface area contributed by atoms with Crippen molar-refractivity contribution in [1.29, 1.82) is 0 Å². The van der Waals surface area contributed by atoms with Crippen molar-refractivity contribution in [1.82, 2.24) is 9.88 Å². The third-order valence-electron chi connectivity index (χ3n) is 4.28. The number of rotatable bonds is 2. The Labute approximate surface area is 125 Å². The summed E-state index contributed by atoms with van der Waals surface area (Å²) >= 11 is 0. The maximum absolute atomic E-state index is 12.3. The van der Waals surface area contributed by atoms with Crippen molar-refractivity contribution in [3.63, 3.8) is 0 Å². The quantitative estimate of drug-likeness (QED) is 0.842. The lowest BCUT2D eigenvalue weighted by Crippen LogP contribution is -2.27. The van der Waals surface area contributed by atoms with Crippen LogP contribution in [0.5, 0.6) is 0 Å². The van der Waals surface area contributed by atoms with E-state index in [1.165, 1.54) is 11.1 Å². The summed E-state index contributed by atoms with van der Waals surface area (Å²) in [7, 11) is 0. The van der Waals surface area contributed by atoms with Gasteiger partial charge in [0.25, 0.3) is 5.91 Å². The van der Waals surface area contributed by atoms with E-state index in [2.05, 4.69) is 31.0 Å². The number of benzene rings is 1. The van der Waals surface area contributed by atoms with Gasteiger partial charge in [0.15, 0.2) is 0 Å². The minimum absolute atomic E-state index is 0.104. The first-order valence-electron chi connectivity index (χ1n) is 7.49. The Morgan fingerprint density at radius 1 is 1.10 bits per heavy atom. The summed E-state index contributed by atoms with van der Waals surface area (Å²) in [4.78, 5) is 18.7. The van der Waals surface area contributed by atoms with Crippen molar-refractivity contribution >= 4 is 5.91 Å². The van der Waals surface area contributed by atoms with E-state index in [1.54, 1.807) is 6.20 Å². The molecule has 0 unspecified atom stereocenters. The molecule has 1 aliphatic heterocycles. The zero-order valence-corrected chi connectivity index (χ0v) is 12.6. The van der Waals surface area contributed by atoms with Crippen molar-refractivity contribution in [2.24, 2.45) is 0 Å². The standard InChI is InChI=1S/C18H20N2O/c1-13-6-5-7-16(14(13)2)17-9-8-15(12-19-17)18(21)20-10-3-4-11-20/h5-9,12H,3-4,10-11H2,1-2H3. The third-order valence-corrected chi connectivity index (χ3v) is 4.28. The molecule has 0 bridgehead atoms. The highest BCUT2D eigenvalue weighted by Gasteiger charge is 2.19. The van der Waals surface area contributed by atoms with Crippen LogP contribution < -0.4 is 0 Å². The van der Waals surface area contributed by atoms with E-state index < -0.39 is 0 Å². The van der Waals surface area contributed by atoms with Crippen LogP contribution in [0.3, 0.4) is 0 Å². The molecule has 108 valence electrons. The summed E-state index contributed by atoms with van der Waals surface area (Å²) in [6, 6.07) is 10.1. The van der Waals surface area contributed by atoms with E-state index in [1.807, 2.05) is 23.1 Å². The molecule has 1 amide bonds. The van der Waals surface area contributed by atoms with Crippen LogP contribution in [-0.4, -0.2) is 28.9 Å². The highest BCUT2D eigenvalue weighted by atomic mass is 16.2. The Morgan fingerprint density at radius 2 is 1.86 bits per heavy atom. The van der Waals surface area contributed by atoms with Crippen LogP contribution in [0.25, 0.3) is 11.3 Å². The molecule has 0 saturated carbocycles. The van der Waals surface area contributed by atoms with Gasteiger partial charge in [0, 0.05) is 24.8 Å². The topological polar surface area (TPSA) is 33.2 Å². The van der Waals surface area contributed by atoms with Gasteiger partial charge in [-0.05, 0) is 49.9 Å². The number of hydrogen-bond acceptors (Lipinski definition) is 2. The van der Waals surface area contributed by atoms with Gasteiger partial charge in [-0.2, -0.15) is 0 Å². The molecule has 1 aromatic heterocycles. The lowest BCUT2D eigenvalue weighted by Gasteiger charge is -2.15. The third kappa shape index (κ3) is 2.68. The second-order valence-electron chi connectivity index (χ2n) is 5.68. The molecule has 0 spiro atoms. The van der Waals surface area contributed by atoms with Gasteiger partial charge < -0.3 is 4.90 Å². The molecule has 2 heterocycles. The molecule has 0 radical (unpaired) electrons. The molecule has 1 saturated heterocycles. The van der Waals surface area contributed by atoms with E-state index in [-0.39, 0.29) is 5.91 Å². The van der Waals surface area contributed by atoms with Crippen LogP contribution in [0.2, 0.25) is 0 Å². The van der Waals surface area contributed by atoms with Crippen LogP contribution in [0.1, 0.15) is 34.3 Å². The molecular formula is C18H20N2O. The van der Waals surface area contributed by atoms with E-state index in [9.17, 15) is 4.79 Å². The predicted octanol–water partition coefficient (Wildman–Crippen LogP) is 3.60. The van der Waals surface area contributed by atoms with Crippen LogP contribution in [-0.2, 0) is 0 Å². The SMILES string of the molecule is Cc1cccc(-c2ccc(C(=O)N3CCCC3)cn2)c1C. The van der Waals surface area contributed by atoms with E-state index in [4.69, 9.17) is 0 Å². The monoisotopic (exact) mass is 280 g/mol. The Hall–Kier alpha value is -2.16. The molecule has 3 heteroatoms. The molecule has 21 heavy (non-hydrogen) atoms. The molecular weight excluding hydrogens is 260 g/mol. The summed E-state index contributed by atoms with van der Waals surface area (Å²) in [5.74, 6) is 0.104. The van der Waals surface area contributed by atoms with Gasteiger partial charge in [0.05, 0.1) is 11.3 Å². The lowest BCUT2D eigenvalue weighted by atomic mass is 10.0. The number of carbonyl (C=O) groups excluding carboxylic acids is 1. The van der Waals surface area contributed by atoms with Crippen LogP contribution in [0, 0.1) is 13.8 Å². The fourth-order valence-corrected chi connectivity index (χ4v) is 2.81. The summed E-state index contributed by atoms with van der Waals surface area (Å²) in [5.41, 5.74) is 5.24. The average Bonchev–Trinajstić information content (AvgIpc) is 3.04. The average molecular weight is 280 g/mol. The first-order chi connectivity index (χ1) is 10.2. The maximum Gasteiger partial charge on any atom is 0.255 e. The van der Waals surface area contributed by atoms with Crippen molar-refractivity contribution in [3.05, 3.63) is 53.2 Å². The first-order valence-corrected chi connectivity index (χ1v) is 7.49. The second-order valence-corrected chi connectivity index (χ2v) is 5.68. The largest absolute Gasteiger partial charge is 0.339 e. The molecule has 0 aliphatic carbocycles. The summed E-state index contributed by atoms with van der Waals surface area (Å²) in [5, 5.41) is 0. The Morgan fingerprint density at radius 3 is 2.52 bits per heavy atom. The van der Waals surface area contributed by atoms with Crippen LogP contribution in [0.15, 0.2) is 36.5 Å². The van der Waals surface area contributed by atoms with Crippen molar-refractivity contribution in [3.8, 4) is 11.3 Å². The molecule has 1 fully saturated rings. The van der Waals surface area contributed by atoms with E-state index >= 15 is 0 Å². The minimum Gasteiger partial charge on any atom is -0.339 e. The van der Waals surface area contributed by atoms with Crippen molar-refractivity contribution in [2.45, 2.75) is 26.7 Å². The highest BCUT2D eigenvalue weighted by Crippen LogP contribution is 2.24. The van der Waals surface area contributed by atoms with Gasteiger partial charge in [0.1, 0.15) is 0 Å². The Bertz CT molecular complexity index is 655. The van der Waals surface area contributed by atoms with Crippen LogP contribution in [0.4, 0.5) is 0 Å². The van der Waals surface area contributed by atoms with Gasteiger partial charge in [-0.25, -0.2) is 0 Å². The van der Waals surface area contributed by atoms with Gasteiger partial charge >= 0.3 is 0 Å². The van der Waals surface area contributed by atoms with Crippen LogP contribution >= 0.6 is 0 Å². The van der Waals surface area contributed by atoms with Gasteiger partial charge in [-0.1, -0.05) is 18.2 Å². The molecule has 3 rings (SSSR count). The normalized spacial score (nSPS) is 14.5. The summed E-state index contributed by atoms with van der Waals surface area (Å²) in [6.45, 7) is 5.95. The minimum atomic E-state index is 0.104. The van der Waals surface area contributed by atoms with Crippen molar-refractivity contribution in [2.75, 3.05) is 13.1 Å². The molecule has 3 nitrogen and oxygen atoms in total. The Balaban J connectivity index is 1.87.